The van der Waals surface area contributed by atoms with Crippen LogP contribution in [-0.2, 0) is 0 Å². The van der Waals surface area contributed by atoms with Crippen LogP contribution in [0.2, 0.25) is 0 Å². The summed E-state index contributed by atoms with van der Waals surface area (Å²) in [7, 11) is 0. The highest BCUT2D eigenvalue weighted by Crippen LogP contribution is 2.33. The maximum Gasteiger partial charge on any atom is 0.419 e. The smallest absolute Gasteiger partial charge is 0.419 e. The molecule has 0 bridgehead atoms. The van der Waals surface area contributed by atoms with Crippen molar-refractivity contribution < 1.29 is 4.65 Å². The second kappa shape index (κ2) is 4.82. The van der Waals surface area contributed by atoms with E-state index in [4.69, 9.17) is 4.65 Å². The Morgan fingerprint density at radius 1 is 0.857 bits per heavy atom. The molecule has 0 N–H and O–H groups in total. The van der Waals surface area contributed by atoms with Gasteiger partial charge in [-0.3, -0.25) is 0 Å². The van der Waals surface area contributed by atoms with Crippen LogP contribution in [0.4, 0.5) is 0 Å². The minimum atomic E-state index is -0.0103. The minimum Gasteiger partial charge on any atom is -0.551 e. The molecule has 0 radical (unpaired) electrons. The Kier molecular flexibility index (Phi) is 2.82. The van der Waals surface area contributed by atoms with Gasteiger partial charge in [-0.05, 0) is 17.8 Å². The van der Waals surface area contributed by atoms with Crippen molar-refractivity contribution in [2.45, 2.75) is 6.92 Å². The molecule has 0 spiro atoms. The number of hydrogen-bond donors (Lipinski definition) is 0. The summed E-state index contributed by atoms with van der Waals surface area (Å²) in [5, 5.41) is 2.39. The maximum atomic E-state index is 6.28. The van der Waals surface area contributed by atoms with Gasteiger partial charge in [-0.1, -0.05) is 78.3 Å². The van der Waals surface area contributed by atoms with E-state index in [9.17, 15) is 0 Å². The van der Waals surface area contributed by atoms with E-state index < -0.39 is 0 Å². The van der Waals surface area contributed by atoms with Gasteiger partial charge < -0.3 is 4.65 Å². The molecule has 100 valence electrons. The zero-order valence-corrected chi connectivity index (χ0v) is 11.9. The fourth-order valence-corrected chi connectivity index (χ4v) is 2.82. The monoisotopic (exact) mass is 270 g/mol. The Hall–Kier alpha value is -2.48. The van der Waals surface area contributed by atoms with Crippen LogP contribution >= 0.6 is 0 Å². The third-order valence-corrected chi connectivity index (χ3v) is 4.01. The number of aryl methyl sites for hydroxylation is 1. The highest BCUT2D eigenvalue weighted by molar-refractivity contribution is 6.73. The summed E-state index contributed by atoms with van der Waals surface area (Å²) in [6.45, 7) is 2.09. The summed E-state index contributed by atoms with van der Waals surface area (Å²) in [5.74, 6) is 3.11. The zero-order chi connectivity index (χ0) is 14.2. The predicted octanol–water partition coefficient (Wildman–Crippen LogP) is 3.99. The molecule has 0 unspecified atom stereocenters. The van der Waals surface area contributed by atoms with E-state index in [0.717, 1.165) is 11.3 Å². The van der Waals surface area contributed by atoms with Gasteiger partial charge in [0.05, 0.1) is 0 Å². The lowest BCUT2D eigenvalue weighted by Crippen LogP contribution is -2.36. The Bertz CT molecular complexity index is 834. The van der Waals surface area contributed by atoms with Gasteiger partial charge in [0, 0.05) is 10.9 Å². The minimum absolute atomic E-state index is 0.0103. The molecule has 0 saturated heterocycles. The molecule has 2 heteroatoms. The fourth-order valence-electron chi connectivity index (χ4n) is 2.82. The van der Waals surface area contributed by atoms with E-state index in [1.54, 1.807) is 0 Å². The van der Waals surface area contributed by atoms with E-state index in [1.165, 1.54) is 21.8 Å². The van der Waals surface area contributed by atoms with Gasteiger partial charge in [0.15, 0.2) is 0 Å². The molecule has 1 heterocycles. The van der Waals surface area contributed by atoms with Crippen LogP contribution in [0.5, 0.6) is 5.75 Å². The summed E-state index contributed by atoms with van der Waals surface area (Å²) < 4.78 is 6.28. The lowest BCUT2D eigenvalue weighted by molar-refractivity contribution is 0.593. The molecule has 0 aliphatic carbocycles. The Labute approximate surface area is 125 Å². The Morgan fingerprint density at radius 3 is 2.52 bits per heavy atom. The van der Waals surface area contributed by atoms with Crippen molar-refractivity contribution in [3.8, 4) is 5.75 Å². The molecule has 0 aromatic heterocycles. The van der Waals surface area contributed by atoms with Gasteiger partial charge in [-0.2, -0.15) is 0 Å². The van der Waals surface area contributed by atoms with Crippen molar-refractivity contribution in [3.63, 3.8) is 0 Å². The molecule has 1 aliphatic heterocycles. The maximum absolute atomic E-state index is 6.28. The first-order valence-electron chi connectivity index (χ1n) is 7.24. The summed E-state index contributed by atoms with van der Waals surface area (Å²) >= 11 is 0. The van der Waals surface area contributed by atoms with E-state index in [2.05, 4.69) is 79.6 Å². The first kappa shape index (κ1) is 12.3. The Balaban J connectivity index is 1.80. The molecule has 0 amide bonds. The lowest BCUT2D eigenvalue weighted by atomic mass is 9.59. The van der Waals surface area contributed by atoms with E-state index >= 15 is 0 Å². The number of rotatable bonds is 1. The van der Waals surface area contributed by atoms with Gasteiger partial charge >= 0.3 is 6.92 Å². The Morgan fingerprint density at radius 2 is 1.67 bits per heavy atom. The van der Waals surface area contributed by atoms with Gasteiger partial charge in [-0.15, -0.1) is 0 Å². The quantitative estimate of drug-likeness (QED) is 0.607. The standard InChI is InChI=1S/C19H15BO/c1-14-6-10-17(11-7-14)20-13-12-16-9-8-15-4-2-3-5-18(15)19(16)21-20/h2-13H,1H3. The summed E-state index contributed by atoms with van der Waals surface area (Å²) in [4.78, 5) is 0. The molecule has 0 fully saturated rings. The average Bonchev–Trinajstić information content (AvgIpc) is 2.55. The number of benzene rings is 3. The predicted molar refractivity (Wildman–Crippen MR) is 90.2 cm³/mol. The van der Waals surface area contributed by atoms with Crippen LogP contribution in [0.25, 0.3) is 16.8 Å². The molecule has 3 aromatic carbocycles. The number of fused-ring (bicyclic) bond motifs is 3. The number of hydrogen-bond acceptors (Lipinski definition) is 1. The molecular weight excluding hydrogens is 255 g/mol. The second-order valence-electron chi connectivity index (χ2n) is 5.51. The summed E-state index contributed by atoms with van der Waals surface area (Å²) in [5.41, 5.74) is 3.61. The largest absolute Gasteiger partial charge is 0.551 e. The third kappa shape index (κ3) is 2.13. The average molecular weight is 270 g/mol. The molecular formula is C19H15BO. The van der Waals surface area contributed by atoms with Crippen molar-refractivity contribution in [1.29, 1.82) is 0 Å². The van der Waals surface area contributed by atoms with Crippen molar-refractivity contribution in [2.24, 2.45) is 0 Å². The normalized spacial score (nSPS) is 13.1. The van der Waals surface area contributed by atoms with Crippen LogP contribution in [0.3, 0.4) is 0 Å². The van der Waals surface area contributed by atoms with Crippen LogP contribution in [0.15, 0.2) is 66.6 Å². The molecule has 0 saturated carbocycles. The zero-order valence-electron chi connectivity index (χ0n) is 11.9. The molecule has 3 aromatic rings. The van der Waals surface area contributed by atoms with Gasteiger partial charge in [0.1, 0.15) is 5.75 Å². The molecule has 1 aliphatic rings. The van der Waals surface area contributed by atoms with E-state index in [1.807, 2.05) is 0 Å². The van der Waals surface area contributed by atoms with Crippen molar-refractivity contribution in [2.75, 3.05) is 0 Å². The first-order valence-corrected chi connectivity index (χ1v) is 7.24. The SMILES string of the molecule is Cc1ccc(B2C=Cc3ccc4ccccc4c3O2)cc1. The van der Waals surface area contributed by atoms with Crippen LogP contribution in [-0.4, -0.2) is 6.92 Å². The topological polar surface area (TPSA) is 9.23 Å². The van der Waals surface area contributed by atoms with Crippen LogP contribution in [0.1, 0.15) is 11.1 Å². The van der Waals surface area contributed by atoms with Gasteiger partial charge in [0.2, 0.25) is 0 Å². The van der Waals surface area contributed by atoms with Gasteiger partial charge in [0.25, 0.3) is 0 Å². The van der Waals surface area contributed by atoms with Crippen molar-refractivity contribution in [1.82, 2.24) is 0 Å². The van der Waals surface area contributed by atoms with Crippen LogP contribution in [0, 0.1) is 6.92 Å². The summed E-state index contributed by atoms with van der Waals surface area (Å²) in [6.07, 6.45) is 2.16. The van der Waals surface area contributed by atoms with Crippen molar-refractivity contribution >= 4 is 29.2 Å². The van der Waals surface area contributed by atoms with E-state index in [-0.39, 0.29) is 6.92 Å². The van der Waals surface area contributed by atoms with Gasteiger partial charge in [-0.25, -0.2) is 0 Å². The third-order valence-electron chi connectivity index (χ3n) is 4.01. The summed E-state index contributed by atoms with van der Waals surface area (Å²) in [6, 6.07) is 21.2. The fraction of sp³-hybridized carbons (Fsp3) is 0.0526. The molecule has 21 heavy (non-hydrogen) atoms. The first-order chi connectivity index (χ1) is 10.3. The highest BCUT2D eigenvalue weighted by Gasteiger charge is 2.23. The van der Waals surface area contributed by atoms with E-state index in [0.29, 0.717) is 0 Å². The molecule has 0 atom stereocenters. The lowest BCUT2D eigenvalue weighted by Gasteiger charge is -2.21. The van der Waals surface area contributed by atoms with Crippen molar-refractivity contribution in [3.05, 3.63) is 77.8 Å². The second-order valence-corrected chi connectivity index (χ2v) is 5.51. The highest BCUT2D eigenvalue weighted by atomic mass is 16.4. The van der Waals surface area contributed by atoms with Crippen LogP contribution < -0.4 is 10.1 Å². The molecule has 4 rings (SSSR count). The molecule has 1 nitrogen and oxygen atoms in total.